The molecule has 0 aromatic carbocycles. The molecule has 1 atom stereocenters. The molecule has 0 bridgehead atoms. The van der Waals surface area contributed by atoms with Crippen LogP contribution in [0, 0.1) is 6.92 Å². The van der Waals surface area contributed by atoms with Crippen LogP contribution in [0.15, 0.2) is 18.2 Å². The van der Waals surface area contributed by atoms with Crippen molar-refractivity contribution in [3.05, 3.63) is 38.8 Å². The first kappa shape index (κ1) is 14.6. The summed E-state index contributed by atoms with van der Waals surface area (Å²) in [5, 5.41) is 8.04. The van der Waals surface area contributed by atoms with Gasteiger partial charge in [0.2, 0.25) is 0 Å². The molecular formula is C14H20ClN3S. The number of likely N-dealkylation sites (N-methyl/N-ethyl adjacent to an activating group) is 1. The zero-order valence-corrected chi connectivity index (χ0v) is 13.2. The number of hydrogen-bond donors (Lipinski definition) is 1. The van der Waals surface area contributed by atoms with Crippen LogP contribution in [0.2, 0.25) is 4.34 Å². The Morgan fingerprint density at radius 2 is 2.21 bits per heavy atom. The minimum absolute atomic E-state index is 0.309. The zero-order chi connectivity index (χ0) is 13.8. The van der Waals surface area contributed by atoms with Crippen LogP contribution in [0.4, 0.5) is 0 Å². The van der Waals surface area contributed by atoms with Crippen molar-refractivity contribution < 1.29 is 0 Å². The predicted molar refractivity (Wildman–Crippen MR) is 82.1 cm³/mol. The largest absolute Gasteiger partial charge is 0.309 e. The van der Waals surface area contributed by atoms with Gasteiger partial charge in [-0.25, -0.2) is 0 Å². The summed E-state index contributed by atoms with van der Waals surface area (Å²) in [6.07, 6.45) is 0.944. The van der Waals surface area contributed by atoms with E-state index >= 15 is 0 Å². The third-order valence-corrected chi connectivity index (χ3v) is 4.43. The van der Waals surface area contributed by atoms with Gasteiger partial charge in [0.15, 0.2) is 0 Å². The minimum atomic E-state index is 0.309. The molecule has 1 N–H and O–H groups in total. The molecule has 0 saturated carbocycles. The van der Waals surface area contributed by atoms with Gasteiger partial charge in [0.25, 0.3) is 0 Å². The molecule has 2 rings (SSSR count). The summed E-state index contributed by atoms with van der Waals surface area (Å²) in [4.78, 5) is 1.29. The Balaban J connectivity index is 2.20. The summed E-state index contributed by atoms with van der Waals surface area (Å²) in [6, 6.07) is 6.56. The van der Waals surface area contributed by atoms with Gasteiger partial charge in [-0.15, -0.1) is 11.3 Å². The maximum Gasteiger partial charge on any atom is 0.0931 e. The van der Waals surface area contributed by atoms with Gasteiger partial charge in [0, 0.05) is 29.6 Å². The Kier molecular flexibility index (Phi) is 5.02. The van der Waals surface area contributed by atoms with Crippen molar-refractivity contribution in [2.75, 3.05) is 6.54 Å². The summed E-state index contributed by atoms with van der Waals surface area (Å²) in [5.41, 5.74) is 2.35. The van der Waals surface area contributed by atoms with Crippen LogP contribution in [0.5, 0.6) is 0 Å². The maximum absolute atomic E-state index is 6.04. The van der Waals surface area contributed by atoms with Crippen molar-refractivity contribution >= 4 is 22.9 Å². The number of nitrogens with one attached hydrogen (secondary N) is 1. The van der Waals surface area contributed by atoms with E-state index in [1.165, 1.54) is 10.6 Å². The molecule has 0 amide bonds. The molecule has 0 aliphatic rings. The second-order valence-electron chi connectivity index (χ2n) is 4.55. The van der Waals surface area contributed by atoms with Gasteiger partial charge in [-0.3, -0.25) is 4.68 Å². The minimum Gasteiger partial charge on any atom is -0.309 e. The molecule has 0 fully saturated rings. The van der Waals surface area contributed by atoms with E-state index in [1.807, 2.05) is 13.0 Å². The van der Waals surface area contributed by atoms with Crippen molar-refractivity contribution in [3.63, 3.8) is 0 Å². The highest BCUT2D eigenvalue weighted by molar-refractivity contribution is 7.16. The van der Waals surface area contributed by atoms with Gasteiger partial charge >= 0.3 is 0 Å². The van der Waals surface area contributed by atoms with Crippen molar-refractivity contribution in [3.8, 4) is 0 Å². The molecule has 2 heterocycles. The normalized spacial score (nSPS) is 12.8. The lowest BCUT2D eigenvalue weighted by molar-refractivity contribution is 0.522. The summed E-state index contributed by atoms with van der Waals surface area (Å²) in [5.74, 6) is 0. The van der Waals surface area contributed by atoms with Crippen molar-refractivity contribution in [2.45, 2.75) is 39.8 Å². The van der Waals surface area contributed by atoms with Gasteiger partial charge in [0.1, 0.15) is 0 Å². The first-order chi connectivity index (χ1) is 9.13. The Morgan fingerprint density at radius 3 is 2.79 bits per heavy atom. The highest BCUT2D eigenvalue weighted by Gasteiger charge is 2.16. The molecule has 1 unspecified atom stereocenters. The number of nitrogens with zero attached hydrogens (tertiary/aromatic N) is 2. The number of hydrogen-bond acceptors (Lipinski definition) is 3. The fraction of sp³-hybridized carbons (Fsp3) is 0.500. The van der Waals surface area contributed by atoms with Crippen molar-refractivity contribution in [1.82, 2.24) is 15.1 Å². The Morgan fingerprint density at radius 1 is 1.42 bits per heavy atom. The molecule has 19 heavy (non-hydrogen) atoms. The monoisotopic (exact) mass is 297 g/mol. The molecule has 0 saturated heterocycles. The van der Waals surface area contributed by atoms with E-state index < -0.39 is 0 Å². The Hall–Kier alpha value is -0.840. The van der Waals surface area contributed by atoms with E-state index in [0.717, 1.165) is 29.5 Å². The highest BCUT2D eigenvalue weighted by atomic mass is 35.5. The van der Waals surface area contributed by atoms with Crippen LogP contribution >= 0.6 is 22.9 Å². The number of aryl methyl sites for hydroxylation is 2. The Bertz CT molecular complexity index is 533. The van der Waals surface area contributed by atoms with Crippen LogP contribution in [0.1, 0.15) is 36.2 Å². The first-order valence-corrected chi connectivity index (χ1v) is 7.85. The number of rotatable bonds is 6. The average molecular weight is 298 g/mol. The van der Waals surface area contributed by atoms with Crippen LogP contribution in [0.25, 0.3) is 0 Å². The van der Waals surface area contributed by atoms with Crippen LogP contribution in [-0.4, -0.2) is 16.3 Å². The molecule has 104 valence electrons. The fourth-order valence-electron chi connectivity index (χ4n) is 2.28. The molecule has 2 aromatic rings. The molecular weight excluding hydrogens is 278 g/mol. The predicted octanol–water partition coefficient (Wildman–Crippen LogP) is 3.82. The topological polar surface area (TPSA) is 29.9 Å². The van der Waals surface area contributed by atoms with E-state index in [2.05, 4.69) is 41.1 Å². The van der Waals surface area contributed by atoms with E-state index in [4.69, 9.17) is 11.6 Å². The summed E-state index contributed by atoms with van der Waals surface area (Å²) < 4.78 is 2.92. The molecule has 0 aliphatic heterocycles. The smallest absolute Gasteiger partial charge is 0.0931 e. The van der Waals surface area contributed by atoms with E-state index in [1.54, 1.807) is 11.3 Å². The third kappa shape index (κ3) is 3.59. The molecule has 0 spiro atoms. The van der Waals surface area contributed by atoms with Crippen molar-refractivity contribution in [2.24, 2.45) is 0 Å². The van der Waals surface area contributed by atoms with Crippen LogP contribution in [-0.2, 0) is 13.0 Å². The standard InChI is InChI=1S/C14H20ClN3S/c1-4-16-12(13-6-7-14(15)19-13)9-11-8-10(3)17-18(11)5-2/h6-8,12,16H,4-5,9H2,1-3H3. The quantitative estimate of drug-likeness (QED) is 0.878. The van der Waals surface area contributed by atoms with Gasteiger partial charge in [-0.2, -0.15) is 5.10 Å². The highest BCUT2D eigenvalue weighted by Crippen LogP contribution is 2.29. The molecule has 5 heteroatoms. The molecule has 0 aliphatic carbocycles. The number of aromatic nitrogens is 2. The Labute approximate surface area is 123 Å². The van der Waals surface area contributed by atoms with Gasteiger partial charge < -0.3 is 5.32 Å². The summed E-state index contributed by atoms with van der Waals surface area (Å²) >= 11 is 7.69. The number of halogens is 1. The van der Waals surface area contributed by atoms with E-state index in [9.17, 15) is 0 Å². The summed E-state index contributed by atoms with van der Waals surface area (Å²) in [6.45, 7) is 8.15. The SMILES string of the molecule is CCNC(Cc1cc(C)nn1CC)c1ccc(Cl)s1. The second-order valence-corrected chi connectivity index (χ2v) is 6.30. The van der Waals surface area contributed by atoms with Gasteiger partial charge in [-0.1, -0.05) is 18.5 Å². The van der Waals surface area contributed by atoms with E-state index in [-0.39, 0.29) is 0 Å². The molecule has 2 aromatic heterocycles. The van der Waals surface area contributed by atoms with Gasteiger partial charge in [0.05, 0.1) is 10.0 Å². The zero-order valence-electron chi connectivity index (χ0n) is 11.6. The summed E-state index contributed by atoms with van der Waals surface area (Å²) in [7, 11) is 0. The maximum atomic E-state index is 6.04. The fourth-order valence-corrected chi connectivity index (χ4v) is 3.42. The van der Waals surface area contributed by atoms with E-state index in [0.29, 0.717) is 6.04 Å². The first-order valence-electron chi connectivity index (χ1n) is 6.66. The lowest BCUT2D eigenvalue weighted by atomic mass is 10.1. The van der Waals surface area contributed by atoms with Crippen molar-refractivity contribution in [1.29, 1.82) is 0 Å². The van der Waals surface area contributed by atoms with Crippen LogP contribution < -0.4 is 5.32 Å². The number of thiophene rings is 1. The molecule has 3 nitrogen and oxygen atoms in total. The molecule has 0 radical (unpaired) electrons. The lowest BCUT2D eigenvalue weighted by Crippen LogP contribution is -2.23. The third-order valence-electron chi connectivity index (χ3n) is 3.09. The van der Waals surface area contributed by atoms with Crippen LogP contribution in [0.3, 0.4) is 0 Å². The lowest BCUT2D eigenvalue weighted by Gasteiger charge is -2.16. The van der Waals surface area contributed by atoms with Gasteiger partial charge in [-0.05, 0) is 38.6 Å². The average Bonchev–Trinajstić information content (AvgIpc) is 2.95. The second kappa shape index (κ2) is 6.55.